The van der Waals surface area contributed by atoms with Crippen LogP contribution < -0.4 is 5.32 Å². The fourth-order valence-electron chi connectivity index (χ4n) is 1.16. The number of rotatable bonds is 3. The largest absolute Gasteiger partial charge is 0.508 e. The zero-order chi connectivity index (χ0) is 10.6. The van der Waals surface area contributed by atoms with E-state index in [1.807, 2.05) is 12.1 Å². The van der Waals surface area contributed by atoms with Gasteiger partial charge in [0.05, 0.1) is 0 Å². The summed E-state index contributed by atoms with van der Waals surface area (Å²) < 4.78 is 0. The Balaban J connectivity index is 2.35. The molecule has 1 rings (SSSR count). The second kappa shape index (κ2) is 4.36. The van der Waals surface area contributed by atoms with Crippen LogP contribution in [0.1, 0.15) is 27.2 Å². The Hall–Kier alpha value is -1.18. The molecule has 0 radical (unpaired) electrons. The second-order valence-electron chi connectivity index (χ2n) is 4.78. The van der Waals surface area contributed by atoms with Gasteiger partial charge in [-0.3, -0.25) is 0 Å². The third-order valence-corrected chi connectivity index (χ3v) is 2.07. The predicted molar refractivity (Wildman–Crippen MR) is 60.7 cm³/mol. The molecule has 0 aliphatic carbocycles. The van der Waals surface area contributed by atoms with E-state index in [1.54, 1.807) is 12.1 Å². The molecule has 0 heterocycles. The summed E-state index contributed by atoms with van der Waals surface area (Å²) in [6, 6.07) is 7.16. The summed E-state index contributed by atoms with van der Waals surface area (Å²) in [6.07, 6.45) is 1.13. The lowest BCUT2D eigenvalue weighted by Crippen LogP contribution is -2.12. The van der Waals surface area contributed by atoms with Gasteiger partial charge in [0.25, 0.3) is 0 Å². The van der Waals surface area contributed by atoms with E-state index in [9.17, 15) is 0 Å². The molecule has 2 nitrogen and oxygen atoms in total. The summed E-state index contributed by atoms with van der Waals surface area (Å²) in [6.45, 7) is 7.65. The van der Waals surface area contributed by atoms with Crippen molar-refractivity contribution >= 4 is 5.69 Å². The first-order valence-electron chi connectivity index (χ1n) is 5.00. The molecule has 1 aromatic carbocycles. The number of nitrogens with one attached hydrogen (secondary N) is 1. The van der Waals surface area contributed by atoms with Crippen LogP contribution in [0.4, 0.5) is 5.69 Å². The van der Waals surface area contributed by atoms with E-state index in [2.05, 4.69) is 26.1 Å². The van der Waals surface area contributed by atoms with Gasteiger partial charge in [-0.1, -0.05) is 20.8 Å². The predicted octanol–water partition coefficient (Wildman–Crippen LogP) is 3.24. The van der Waals surface area contributed by atoms with Crippen molar-refractivity contribution in [3.05, 3.63) is 24.3 Å². The van der Waals surface area contributed by atoms with Crippen molar-refractivity contribution in [3.63, 3.8) is 0 Å². The van der Waals surface area contributed by atoms with Crippen LogP contribution in [0.5, 0.6) is 5.75 Å². The van der Waals surface area contributed by atoms with Gasteiger partial charge >= 0.3 is 0 Å². The highest BCUT2D eigenvalue weighted by molar-refractivity contribution is 5.45. The standard InChI is InChI=1S/C12H19NO/c1-12(2,3)8-9-13-10-4-6-11(14)7-5-10/h4-7,13-14H,8-9H2,1-3H3. The van der Waals surface area contributed by atoms with Crippen molar-refractivity contribution < 1.29 is 5.11 Å². The highest BCUT2D eigenvalue weighted by Gasteiger charge is 2.08. The maximum atomic E-state index is 9.08. The number of hydrogen-bond donors (Lipinski definition) is 2. The van der Waals surface area contributed by atoms with Crippen molar-refractivity contribution in [2.45, 2.75) is 27.2 Å². The van der Waals surface area contributed by atoms with E-state index >= 15 is 0 Å². The topological polar surface area (TPSA) is 32.3 Å². The Labute approximate surface area is 86.0 Å². The van der Waals surface area contributed by atoms with Gasteiger partial charge in [-0.05, 0) is 36.1 Å². The normalized spacial score (nSPS) is 11.4. The van der Waals surface area contributed by atoms with Crippen LogP contribution in [-0.4, -0.2) is 11.7 Å². The number of phenolic OH excluding ortho intramolecular Hbond substituents is 1. The molecule has 78 valence electrons. The average molecular weight is 193 g/mol. The van der Waals surface area contributed by atoms with E-state index < -0.39 is 0 Å². The fourth-order valence-corrected chi connectivity index (χ4v) is 1.16. The summed E-state index contributed by atoms with van der Waals surface area (Å²) in [7, 11) is 0. The molecule has 0 atom stereocenters. The van der Waals surface area contributed by atoms with Gasteiger partial charge in [0.1, 0.15) is 5.75 Å². The molecule has 0 unspecified atom stereocenters. The maximum absolute atomic E-state index is 9.08. The van der Waals surface area contributed by atoms with Crippen molar-refractivity contribution in [1.29, 1.82) is 0 Å². The molecule has 2 heteroatoms. The quantitative estimate of drug-likeness (QED) is 0.722. The van der Waals surface area contributed by atoms with Crippen LogP contribution in [0.2, 0.25) is 0 Å². The Morgan fingerprint density at radius 1 is 1.14 bits per heavy atom. The van der Waals surface area contributed by atoms with Crippen molar-refractivity contribution in [2.24, 2.45) is 5.41 Å². The Kier molecular flexibility index (Phi) is 3.39. The third-order valence-electron chi connectivity index (χ3n) is 2.07. The molecule has 0 aliphatic heterocycles. The van der Waals surface area contributed by atoms with Gasteiger partial charge in [0, 0.05) is 12.2 Å². The molecule has 0 spiro atoms. The molecule has 1 aromatic rings. The van der Waals surface area contributed by atoms with Crippen LogP contribution in [0.3, 0.4) is 0 Å². The van der Waals surface area contributed by atoms with Crippen LogP contribution in [-0.2, 0) is 0 Å². The molecule has 0 aliphatic rings. The minimum Gasteiger partial charge on any atom is -0.508 e. The first-order valence-corrected chi connectivity index (χ1v) is 5.00. The van der Waals surface area contributed by atoms with Crippen molar-refractivity contribution in [1.82, 2.24) is 0 Å². The maximum Gasteiger partial charge on any atom is 0.115 e. The van der Waals surface area contributed by atoms with E-state index in [1.165, 1.54) is 0 Å². The van der Waals surface area contributed by atoms with Gasteiger partial charge in [-0.25, -0.2) is 0 Å². The molecule has 0 aromatic heterocycles. The number of benzene rings is 1. The van der Waals surface area contributed by atoms with Crippen LogP contribution in [0, 0.1) is 5.41 Å². The Morgan fingerprint density at radius 3 is 2.21 bits per heavy atom. The zero-order valence-electron chi connectivity index (χ0n) is 9.17. The SMILES string of the molecule is CC(C)(C)CCNc1ccc(O)cc1. The van der Waals surface area contributed by atoms with Gasteiger partial charge in [0.15, 0.2) is 0 Å². The first kappa shape index (κ1) is 10.9. The molecule has 0 fully saturated rings. The molecule has 0 saturated carbocycles. The zero-order valence-corrected chi connectivity index (χ0v) is 9.17. The molecule has 0 bridgehead atoms. The van der Waals surface area contributed by atoms with Crippen LogP contribution in [0.25, 0.3) is 0 Å². The lowest BCUT2D eigenvalue weighted by atomic mass is 9.92. The summed E-state index contributed by atoms with van der Waals surface area (Å²) in [5.41, 5.74) is 1.43. The third kappa shape index (κ3) is 4.17. The molecular weight excluding hydrogens is 174 g/mol. The summed E-state index contributed by atoms with van der Waals surface area (Å²) in [5.74, 6) is 0.311. The molecule has 2 N–H and O–H groups in total. The van der Waals surface area contributed by atoms with Crippen molar-refractivity contribution in [2.75, 3.05) is 11.9 Å². The number of hydrogen-bond acceptors (Lipinski definition) is 2. The van der Waals surface area contributed by atoms with Gasteiger partial charge in [0.2, 0.25) is 0 Å². The minimum absolute atomic E-state index is 0.311. The fraction of sp³-hybridized carbons (Fsp3) is 0.500. The number of aromatic hydroxyl groups is 1. The summed E-state index contributed by atoms with van der Waals surface area (Å²) >= 11 is 0. The monoisotopic (exact) mass is 193 g/mol. The van der Waals surface area contributed by atoms with E-state index in [0.29, 0.717) is 11.2 Å². The summed E-state index contributed by atoms with van der Waals surface area (Å²) in [5, 5.41) is 12.4. The lowest BCUT2D eigenvalue weighted by Gasteiger charge is -2.18. The van der Waals surface area contributed by atoms with E-state index in [0.717, 1.165) is 18.7 Å². The van der Waals surface area contributed by atoms with Gasteiger partial charge < -0.3 is 10.4 Å². The Morgan fingerprint density at radius 2 is 1.71 bits per heavy atom. The highest BCUT2D eigenvalue weighted by Crippen LogP contribution is 2.19. The first-order chi connectivity index (χ1) is 6.47. The number of anilines is 1. The van der Waals surface area contributed by atoms with Gasteiger partial charge in [-0.15, -0.1) is 0 Å². The van der Waals surface area contributed by atoms with Crippen molar-refractivity contribution in [3.8, 4) is 5.75 Å². The van der Waals surface area contributed by atoms with E-state index in [4.69, 9.17) is 5.11 Å². The molecule has 14 heavy (non-hydrogen) atoms. The molecule has 0 saturated heterocycles. The minimum atomic E-state index is 0.311. The van der Waals surface area contributed by atoms with E-state index in [-0.39, 0.29) is 0 Å². The van der Waals surface area contributed by atoms with Crippen LogP contribution in [0.15, 0.2) is 24.3 Å². The Bertz CT molecular complexity index is 271. The van der Waals surface area contributed by atoms with Crippen LogP contribution >= 0.6 is 0 Å². The smallest absolute Gasteiger partial charge is 0.115 e. The average Bonchev–Trinajstić information content (AvgIpc) is 2.06. The highest BCUT2D eigenvalue weighted by atomic mass is 16.3. The lowest BCUT2D eigenvalue weighted by molar-refractivity contribution is 0.390. The number of phenols is 1. The molecule has 0 amide bonds. The summed E-state index contributed by atoms with van der Waals surface area (Å²) in [4.78, 5) is 0. The molecular formula is C12H19NO. The second-order valence-corrected chi connectivity index (χ2v) is 4.78. The van der Waals surface area contributed by atoms with Gasteiger partial charge in [-0.2, -0.15) is 0 Å².